The number of likely N-dealkylation sites (N-methyl/N-ethyl adjacent to an activating group) is 1. The first-order valence-electron chi connectivity index (χ1n) is 8.19. The van der Waals surface area contributed by atoms with Crippen LogP contribution >= 0.6 is 0 Å². The number of ketones is 1. The van der Waals surface area contributed by atoms with Gasteiger partial charge in [0.15, 0.2) is 0 Å². The van der Waals surface area contributed by atoms with Gasteiger partial charge in [0.1, 0.15) is 5.78 Å². The molecule has 1 aliphatic heterocycles. The summed E-state index contributed by atoms with van der Waals surface area (Å²) in [4.78, 5) is 28.6. The Morgan fingerprint density at radius 2 is 2.00 bits per heavy atom. The topological polar surface area (TPSA) is 40.6 Å². The summed E-state index contributed by atoms with van der Waals surface area (Å²) in [5, 5.41) is 0. The highest BCUT2D eigenvalue weighted by Gasteiger charge is 2.38. The van der Waals surface area contributed by atoms with Crippen LogP contribution < -0.4 is 0 Å². The number of Topliss-reactive ketones (excluding diaryl/α,β-unsaturated/α-hetero) is 1. The molecule has 1 amide bonds. The maximum Gasteiger partial charge on any atom is 0.236 e. The maximum atomic E-state index is 12.3. The first kappa shape index (κ1) is 14.1. The van der Waals surface area contributed by atoms with E-state index in [2.05, 4.69) is 4.90 Å². The van der Waals surface area contributed by atoms with Crippen LogP contribution in [0.15, 0.2) is 0 Å². The van der Waals surface area contributed by atoms with Gasteiger partial charge in [-0.15, -0.1) is 0 Å². The van der Waals surface area contributed by atoms with Gasteiger partial charge in [0.05, 0.1) is 6.54 Å². The number of hydrogen-bond acceptors (Lipinski definition) is 3. The molecule has 4 nitrogen and oxygen atoms in total. The average Bonchev–Trinajstić information content (AvgIpc) is 3.21. The lowest BCUT2D eigenvalue weighted by atomic mass is 9.88. The van der Waals surface area contributed by atoms with Crippen LogP contribution in [0.2, 0.25) is 0 Å². The zero-order chi connectivity index (χ0) is 14.1. The van der Waals surface area contributed by atoms with E-state index in [1.54, 1.807) is 0 Å². The third-order valence-corrected chi connectivity index (χ3v) is 5.31. The normalized spacial score (nSPS) is 31.6. The molecule has 3 fully saturated rings. The van der Waals surface area contributed by atoms with Crippen molar-refractivity contribution in [3.63, 3.8) is 0 Å². The number of rotatable bonds is 4. The van der Waals surface area contributed by atoms with Gasteiger partial charge in [-0.05, 0) is 45.1 Å². The second-order valence-corrected chi connectivity index (χ2v) is 6.73. The number of amides is 1. The molecular formula is C16H26N2O2. The van der Waals surface area contributed by atoms with Crippen LogP contribution in [0.4, 0.5) is 0 Å². The zero-order valence-electron chi connectivity index (χ0n) is 12.5. The van der Waals surface area contributed by atoms with E-state index >= 15 is 0 Å². The van der Waals surface area contributed by atoms with Crippen molar-refractivity contribution in [3.05, 3.63) is 0 Å². The van der Waals surface area contributed by atoms with Crippen LogP contribution in [-0.4, -0.2) is 53.7 Å². The highest BCUT2D eigenvalue weighted by molar-refractivity contribution is 5.84. The van der Waals surface area contributed by atoms with E-state index in [0.29, 0.717) is 24.4 Å². The van der Waals surface area contributed by atoms with E-state index in [4.69, 9.17) is 0 Å². The number of carbonyl (C=O) groups is 2. The molecule has 20 heavy (non-hydrogen) atoms. The molecule has 0 radical (unpaired) electrons. The molecule has 2 aliphatic carbocycles. The van der Waals surface area contributed by atoms with Crippen molar-refractivity contribution in [3.8, 4) is 0 Å². The lowest BCUT2D eigenvalue weighted by Gasteiger charge is -2.39. The minimum Gasteiger partial charge on any atom is -0.342 e. The summed E-state index contributed by atoms with van der Waals surface area (Å²) < 4.78 is 0. The third kappa shape index (κ3) is 2.90. The van der Waals surface area contributed by atoms with Gasteiger partial charge in [0, 0.05) is 31.5 Å². The monoisotopic (exact) mass is 278 g/mol. The van der Waals surface area contributed by atoms with Crippen LogP contribution in [0.1, 0.15) is 51.4 Å². The van der Waals surface area contributed by atoms with E-state index in [-0.39, 0.29) is 11.8 Å². The Kier molecular flexibility index (Phi) is 4.11. The van der Waals surface area contributed by atoms with E-state index in [0.717, 1.165) is 51.5 Å². The van der Waals surface area contributed by atoms with Gasteiger partial charge in [-0.1, -0.05) is 6.42 Å². The van der Waals surface area contributed by atoms with E-state index < -0.39 is 0 Å². The summed E-state index contributed by atoms with van der Waals surface area (Å²) in [5.74, 6) is 0.879. The second kappa shape index (κ2) is 5.84. The van der Waals surface area contributed by atoms with Crippen molar-refractivity contribution in [2.24, 2.45) is 5.92 Å². The number of carbonyl (C=O) groups excluding carboxylic acids is 2. The molecule has 0 bridgehead atoms. The first-order chi connectivity index (χ1) is 9.66. The molecule has 0 aromatic heterocycles. The molecule has 2 atom stereocenters. The smallest absolute Gasteiger partial charge is 0.236 e. The fraction of sp³-hybridized carbons (Fsp3) is 0.875. The van der Waals surface area contributed by atoms with Crippen LogP contribution in [-0.2, 0) is 9.59 Å². The van der Waals surface area contributed by atoms with Crippen molar-refractivity contribution in [1.29, 1.82) is 0 Å². The molecular weight excluding hydrogens is 252 g/mol. The fourth-order valence-electron chi connectivity index (χ4n) is 3.87. The minimum atomic E-state index is 0.203. The van der Waals surface area contributed by atoms with Crippen molar-refractivity contribution < 1.29 is 9.59 Å². The van der Waals surface area contributed by atoms with Crippen LogP contribution in [0.25, 0.3) is 0 Å². The van der Waals surface area contributed by atoms with Crippen LogP contribution in [0.3, 0.4) is 0 Å². The Hall–Kier alpha value is -0.900. The largest absolute Gasteiger partial charge is 0.342 e. The Bertz CT molecular complexity index is 392. The lowest BCUT2D eigenvalue weighted by Crippen LogP contribution is -2.50. The molecule has 3 aliphatic rings. The van der Waals surface area contributed by atoms with Gasteiger partial charge in [0.2, 0.25) is 5.91 Å². The molecule has 2 unspecified atom stereocenters. The molecule has 0 aromatic carbocycles. The zero-order valence-corrected chi connectivity index (χ0v) is 12.5. The maximum absolute atomic E-state index is 12.3. The highest BCUT2D eigenvalue weighted by atomic mass is 16.2. The molecule has 2 saturated carbocycles. The molecule has 3 rings (SSSR count). The number of piperidine rings is 1. The van der Waals surface area contributed by atoms with E-state index in [9.17, 15) is 9.59 Å². The second-order valence-electron chi connectivity index (χ2n) is 6.73. The predicted octanol–water partition coefficient (Wildman–Crippen LogP) is 1.83. The summed E-state index contributed by atoms with van der Waals surface area (Å²) in [6.45, 7) is 1.50. The highest BCUT2D eigenvalue weighted by Crippen LogP contribution is 2.33. The summed E-state index contributed by atoms with van der Waals surface area (Å²) >= 11 is 0. The standard InChI is InChI=1S/C16H26N2O2/c1-17(12-8-9-12)16(20)11-18-10-3-2-6-14(18)13-5-4-7-15(13)19/h12-14H,2-11H2,1H3. The number of hydrogen-bond donors (Lipinski definition) is 0. The molecule has 0 aromatic rings. The van der Waals surface area contributed by atoms with Gasteiger partial charge in [0.25, 0.3) is 0 Å². The van der Waals surface area contributed by atoms with Crippen LogP contribution in [0, 0.1) is 5.92 Å². The summed E-state index contributed by atoms with van der Waals surface area (Å²) in [6, 6.07) is 0.814. The van der Waals surface area contributed by atoms with Gasteiger partial charge in [-0.25, -0.2) is 0 Å². The van der Waals surface area contributed by atoms with Crippen molar-refractivity contribution in [2.45, 2.75) is 63.5 Å². The Balaban J connectivity index is 1.62. The summed E-state index contributed by atoms with van der Waals surface area (Å²) in [5.41, 5.74) is 0. The van der Waals surface area contributed by atoms with Crippen molar-refractivity contribution in [2.75, 3.05) is 20.1 Å². The molecule has 0 spiro atoms. The molecule has 112 valence electrons. The lowest BCUT2D eigenvalue weighted by molar-refractivity contribution is -0.134. The first-order valence-corrected chi connectivity index (χ1v) is 8.19. The predicted molar refractivity (Wildman–Crippen MR) is 77.4 cm³/mol. The van der Waals surface area contributed by atoms with Crippen molar-refractivity contribution >= 4 is 11.7 Å². The molecule has 0 N–H and O–H groups in total. The summed E-state index contributed by atoms with van der Waals surface area (Å²) in [6.07, 6.45) is 8.62. The van der Waals surface area contributed by atoms with Gasteiger partial charge >= 0.3 is 0 Å². The van der Waals surface area contributed by atoms with Crippen molar-refractivity contribution in [1.82, 2.24) is 9.80 Å². The Labute approximate surface area is 121 Å². The molecule has 1 heterocycles. The number of nitrogens with zero attached hydrogens (tertiary/aromatic N) is 2. The third-order valence-electron chi connectivity index (χ3n) is 5.31. The van der Waals surface area contributed by atoms with Crippen LogP contribution in [0.5, 0.6) is 0 Å². The summed E-state index contributed by atoms with van der Waals surface area (Å²) in [7, 11) is 1.93. The fourth-order valence-corrected chi connectivity index (χ4v) is 3.87. The average molecular weight is 278 g/mol. The number of likely N-dealkylation sites (tertiary alicyclic amines) is 1. The van der Waals surface area contributed by atoms with Gasteiger partial charge in [-0.2, -0.15) is 0 Å². The SMILES string of the molecule is CN(C(=O)CN1CCCCC1C1CCCC1=O)C1CC1. The van der Waals surface area contributed by atoms with Gasteiger partial charge in [-0.3, -0.25) is 14.5 Å². The minimum absolute atomic E-state index is 0.203. The van der Waals surface area contributed by atoms with E-state index in [1.807, 2.05) is 11.9 Å². The Morgan fingerprint density at radius 1 is 1.20 bits per heavy atom. The quantitative estimate of drug-likeness (QED) is 0.788. The van der Waals surface area contributed by atoms with E-state index in [1.165, 1.54) is 6.42 Å². The van der Waals surface area contributed by atoms with Gasteiger partial charge < -0.3 is 4.90 Å². The molecule has 4 heteroatoms. The molecule has 1 saturated heterocycles. The Morgan fingerprint density at radius 3 is 2.65 bits per heavy atom.